The zero-order chi connectivity index (χ0) is 23.4. The maximum atomic E-state index is 12.8. The molecule has 0 aliphatic heterocycles. The summed E-state index contributed by atoms with van der Waals surface area (Å²) in [5.74, 6) is -0.505. The minimum absolute atomic E-state index is 0.0188. The van der Waals surface area contributed by atoms with E-state index < -0.39 is 5.91 Å². The van der Waals surface area contributed by atoms with Gasteiger partial charge in [0.1, 0.15) is 11.6 Å². The van der Waals surface area contributed by atoms with Gasteiger partial charge in [-0.3, -0.25) is 4.79 Å². The van der Waals surface area contributed by atoms with Crippen LogP contribution >= 0.6 is 11.6 Å². The predicted octanol–water partition coefficient (Wildman–Crippen LogP) is 6.07. The van der Waals surface area contributed by atoms with Gasteiger partial charge in [-0.05, 0) is 48.4 Å². The van der Waals surface area contributed by atoms with Gasteiger partial charge in [0.25, 0.3) is 5.91 Å². The molecule has 1 N–H and O–H groups in total. The molecule has 0 bridgehead atoms. The maximum absolute atomic E-state index is 12.8. The minimum atomic E-state index is -0.505. The molecule has 5 nitrogen and oxygen atoms in total. The Bertz CT molecular complexity index is 1480. The summed E-state index contributed by atoms with van der Waals surface area (Å²) >= 11 is 6.14. The van der Waals surface area contributed by atoms with Gasteiger partial charge in [-0.1, -0.05) is 54.1 Å². The van der Waals surface area contributed by atoms with Crippen LogP contribution in [-0.4, -0.2) is 10.5 Å². The third-order valence-corrected chi connectivity index (χ3v) is 5.89. The fourth-order valence-corrected chi connectivity index (χ4v) is 3.88. The van der Waals surface area contributed by atoms with E-state index in [4.69, 9.17) is 11.6 Å². The van der Waals surface area contributed by atoms with Crippen LogP contribution in [0.3, 0.4) is 0 Å². The zero-order valence-electron chi connectivity index (χ0n) is 17.8. The standard InChI is InChI=1S/C27H19ClN4O/c1-18-24(28)10-6-11-25(18)31-27(33)21(15-30)13-22-17-32(26-12-5-4-9-23(22)26)16-20-8-3-2-7-19(20)14-29/h2-13,17H,16H2,1H3,(H,31,33)/b21-13+. The van der Waals surface area contributed by atoms with Crippen molar-refractivity contribution >= 4 is 40.2 Å². The summed E-state index contributed by atoms with van der Waals surface area (Å²) in [4.78, 5) is 12.8. The summed E-state index contributed by atoms with van der Waals surface area (Å²) in [5.41, 5.74) is 4.47. The SMILES string of the molecule is Cc1c(Cl)cccc1NC(=O)/C(C#N)=C/c1cn(Cc2ccccc2C#N)c2ccccc12. The smallest absolute Gasteiger partial charge is 0.266 e. The van der Waals surface area contributed by atoms with Crippen molar-refractivity contribution < 1.29 is 4.79 Å². The molecule has 4 rings (SSSR count). The molecule has 0 radical (unpaired) electrons. The van der Waals surface area contributed by atoms with Crippen LogP contribution < -0.4 is 5.32 Å². The van der Waals surface area contributed by atoms with Crippen LogP contribution in [0.15, 0.2) is 78.5 Å². The van der Waals surface area contributed by atoms with E-state index in [9.17, 15) is 15.3 Å². The molecule has 6 heteroatoms. The van der Waals surface area contributed by atoms with E-state index >= 15 is 0 Å². The van der Waals surface area contributed by atoms with E-state index in [1.165, 1.54) is 0 Å². The minimum Gasteiger partial charge on any atom is -0.342 e. The lowest BCUT2D eigenvalue weighted by Crippen LogP contribution is -2.14. The monoisotopic (exact) mass is 450 g/mol. The van der Waals surface area contributed by atoms with Gasteiger partial charge in [-0.25, -0.2) is 0 Å². The van der Waals surface area contributed by atoms with Crippen molar-refractivity contribution in [3.05, 3.63) is 106 Å². The predicted molar refractivity (Wildman–Crippen MR) is 131 cm³/mol. The van der Waals surface area contributed by atoms with Gasteiger partial charge in [0, 0.05) is 39.9 Å². The number of halogens is 1. The summed E-state index contributed by atoms with van der Waals surface area (Å²) in [5, 5.41) is 23.3. The van der Waals surface area contributed by atoms with Gasteiger partial charge in [-0.15, -0.1) is 0 Å². The van der Waals surface area contributed by atoms with Crippen LogP contribution in [-0.2, 0) is 11.3 Å². The Kier molecular flexibility index (Phi) is 6.26. The highest BCUT2D eigenvalue weighted by Crippen LogP contribution is 2.26. The molecular weight excluding hydrogens is 432 g/mol. The Labute approximate surface area is 196 Å². The zero-order valence-corrected chi connectivity index (χ0v) is 18.6. The molecule has 3 aromatic carbocycles. The number of nitrogens with zero attached hydrogens (tertiary/aromatic N) is 3. The highest BCUT2D eigenvalue weighted by Gasteiger charge is 2.15. The normalized spacial score (nSPS) is 11.1. The molecule has 1 aromatic heterocycles. The molecule has 0 aliphatic carbocycles. The molecule has 0 spiro atoms. The number of nitriles is 2. The molecule has 1 amide bonds. The third kappa shape index (κ3) is 4.50. The first-order valence-corrected chi connectivity index (χ1v) is 10.6. The van der Waals surface area contributed by atoms with Crippen LogP contribution in [0.2, 0.25) is 5.02 Å². The number of para-hydroxylation sites is 1. The number of fused-ring (bicyclic) bond motifs is 1. The average molecular weight is 451 g/mol. The second-order valence-electron chi connectivity index (χ2n) is 7.53. The Morgan fingerprint density at radius 1 is 1.06 bits per heavy atom. The molecule has 0 unspecified atom stereocenters. The second-order valence-corrected chi connectivity index (χ2v) is 7.94. The number of nitrogens with one attached hydrogen (secondary N) is 1. The van der Waals surface area contributed by atoms with E-state index in [-0.39, 0.29) is 5.57 Å². The van der Waals surface area contributed by atoms with Crippen LogP contribution in [0.1, 0.15) is 22.3 Å². The van der Waals surface area contributed by atoms with E-state index in [1.54, 1.807) is 37.3 Å². The van der Waals surface area contributed by atoms with Crippen molar-refractivity contribution in [1.82, 2.24) is 4.57 Å². The number of rotatable bonds is 5. The fourth-order valence-electron chi connectivity index (χ4n) is 3.71. The van der Waals surface area contributed by atoms with E-state index in [1.807, 2.05) is 59.3 Å². The molecule has 0 saturated carbocycles. The first-order valence-electron chi connectivity index (χ1n) is 10.3. The molecule has 33 heavy (non-hydrogen) atoms. The molecule has 0 fully saturated rings. The molecule has 0 saturated heterocycles. The van der Waals surface area contributed by atoms with E-state index in [2.05, 4.69) is 11.4 Å². The Morgan fingerprint density at radius 3 is 2.61 bits per heavy atom. The highest BCUT2D eigenvalue weighted by atomic mass is 35.5. The number of carbonyl (C=O) groups is 1. The van der Waals surface area contributed by atoms with Gasteiger partial charge in [0.05, 0.1) is 11.6 Å². The first kappa shape index (κ1) is 21.9. The van der Waals surface area contributed by atoms with Crippen molar-refractivity contribution in [2.75, 3.05) is 5.32 Å². The van der Waals surface area contributed by atoms with Crippen molar-refractivity contribution in [2.45, 2.75) is 13.5 Å². The molecule has 0 aliphatic rings. The van der Waals surface area contributed by atoms with E-state index in [0.29, 0.717) is 22.8 Å². The Balaban J connectivity index is 1.71. The van der Waals surface area contributed by atoms with Crippen LogP contribution in [0.5, 0.6) is 0 Å². The number of hydrogen-bond donors (Lipinski definition) is 1. The van der Waals surface area contributed by atoms with E-state index in [0.717, 1.165) is 27.6 Å². The van der Waals surface area contributed by atoms with Crippen molar-refractivity contribution in [1.29, 1.82) is 10.5 Å². The lowest BCUT2D eigenvalue weighted by molar-refractivity contribution is -0.112. The van der Waals surface area contributed by atoms with Gasteiger partial charge >= 0.3 is 0 Å². The van der Waals surface area contributed by atoms with Crippen molar-refractivity contribution in [3.63, 3.8) is 0 Å². The molecule has 0 atom stereocenters. The highest BCUT2D eigenvalue weighted by molar-refractivity contribution is 6.31. The number of amides is 1. The Hall–Kier alpha value is -4.32. The number of carbonyl (C=O) groups excluding carboxylic acids is 1. The molecule has 1 heterocycles. The summed E-state index contributed by atoms with van der Waals surface area (Å²) in [6.07, 6.45) is 3.48. The van der Waals surface area contributed by atoms with Crippen LogP contribution in [0.25, 0.3) is 17.0 Å². The summed E-state index contributed by atoms with van der Waals surface area (Å²) in [6, 6.07) is 24.7. The van der Waals surface area contributed by atoms with Crippen LogP contribution in [0, 0.1) is 29.6 Å². The molecular formula is C27H19ClN4O. The molecule has 160 valence electrons. The Morgan fingerprint density at radius 2 is 1.82 bits per heavy atom. The molecule has 4 aromatic rings. The topological polar surface area (TPSA) is 81.6 Å². The van der Waals surface area contributed by atoms with Crippen molar-refractivity contribution in [3.8, 4) is 12.1 Å². The first-order chi connectivity index (χ1) is 16.0. The largest absolute Gasteiger partial charge is 0.342 e. The van der Waals surface area contributed by atoms with Crippen molar-refractivity contribution in [2.24, 2.45) is 0 Å². The number of aromatic nitrogens is 1. The number of hydrogen-bond acceptors (Lipinski definition) is 3. The maximum Gasteiger partial charge on any atom is 0.266 e. The number of benzene rings is 3. The summed E-state index contributed by atoms with van der Waals surface area (Å²) in [6.45, 7) is 2.30. The number of anilines is 1. The lowest BCUT2D eigenvalue weighted by Gasteiger charge is -2.08. The van der Waals surface area contributed by atoms with Crippen LogP contribution in [0.4, 0.5) is 5.69 Å². The van der Waals surface area contributed by atoms with Gasteiger partial charge in [-0.2, -0.15) is 10.5 Å². The van der Waals surface area contributed by atoms with Gasteiger partial charge in [0.15, 0.2) is 0 Å². The summed E-state index contributed by atoms with van der Waals surface area (Å²) in [7, 11) is 0. The lowest BCUT2D eigenvalue weighted by atomic mass is 10.1. The quantitative estimate of drug-likeness (QED) is 0.296. The van der Waals surface area contributed by atoms with Gasteiger partial charge < -0.3 is 9.88 Å². The summed E-state index contributed by atoms with van der Waals surface area (Å²) < 4.78 is 2.02. The average Bonchev–Trinajstić information content (AvgIpc) is 3.18. The fraction of sp³-hybridized carbons (Fsp3) is 0.0741. The van der Waals surface area contributed by atoms with Gasteiger partial charge in [0.2, 0.25) is 0 Å². The third-order valence-electron chi connectivity index (χ3n) is 5.48. The second kappa shape index (κ2) is 9.44.